The first-order chi connectivity index (χ1) is 9.83. The lowest BCUT2D eigenvalue weighted by atomic mass is 10.2. The predicted molar refractivity (Wildman–Crippen MR) is 77.6 cm³/mol. The SMILES string of the molecule is CCCN1CCOC(c2ncc(CNCCOC)[nH]2)C1. The normalized spacial score (nSPS) is 20.4. The van der Waals surface area contributed by atoms with Gasteiger partial charge in [-0.05, 0) is 13.0 Å². The molecule has 2 heterocycles. The predicted octanol–water partition coefficient (Wildman–Crippen LogP) is 0.929. The van der Waals surface area contributed by atoms with E-state index in [-0.39, 0.29) is 6.10 Å². The molecule has 0 aliphatic carbocycles. The van der Waals surface area contributed by atoms with E-state index in [1.54, 1.807) is 7.11 Å². The molecular formula is C14H26N4O2. The molecule has 20 heavy (non-hydrogen) atoms. The summed E-state index contributed by atoms with van der Waals surface area (Å²) in [6.45, 7) is 8.42. The van der Waals surface area contributed by atoms with E-state index in [4.69, 9.17) is 9.47 Å². The van der Waals surface area contributed by atoms with Crippen molar-refractivity contribution in [1.82, 2.24) is 20.2 Å². The summed E-state index contributed by atoms with van der Waals surface area (Å²) >= 11 is 0. The number of nitrogens with one attached hydrogen (secondary N) is 2. The Kier molecular flexibility index (Phi) is 6.46. The Labute approximate surface area is 120 Å². The molecule has 2 N–H and O–H groups in total. The van der Waals surface area contributed by atoms with E-state index in [9.17, 15) is 0 Å². The largest absolute Gasteiger partial charge is 0.383 e. The Morgan fingerprint density at radius 3 is 3.30 bits per heavy atom. The number of aromatic nitrogens is 2. The Bertz CT molecular complexity index is 381. The fourth-order valence-electron chi connectivity index (χ4n) is 2.41. The average Bonchev–Trinajstić information content (AvgIpc) is 2.93. The molecule has 0 bridgehead atoms. The van der Waals surface area contributed by atoms with Crippen molar-refractivity contribution >= 4 is 0 Å². The third-order valence-electron chi connectivity index (χ3n) is 3.44. The van der Waals surface area contributed by atoms with Crippen molar-refractivity contribution in [2.75, 3.05) is 46.5 Å². The van der Waals surface area contributed by atoms with Crippen molar-refractivity contribution in [3.63, 3.8) is 0 Å². The molecule has 6 heteroatoms. The van der Waals surface area contributed by atoms with E-state index in [2.05, 4.69) is 27.1 Å². The fourth-order valence-corrected chi connectivity index (χ4v) is 2.41. The zero-order chi connectivity index (χ0) is 14.2. The topological polar surface area (TPSA) is 62.4 Å². The first-order valence-electron chi connectivity index (χ1n) is 7.41. The van der Waals surface area contributed by atoms with Gasteiger partial charge in [-0.1, -0.05) is 6.92 Å². The maximum atomic E-state index is 5.82. The maximum absolute atomic E-state index is 5.82. The minimum absolute atomic E-state index is 0.0722. The van der Waals surface area contributed by atoms with E-state index in [0.29, 0.717) is 0 Å². The van der Waals surface area contributed by atoms with Gasteiger partial charge in [-0.2, -0.15) is 0 Å². The first kappa shape index (κ1) is 15.4. The molecule has 0 aromatic carbocycles. The third-order valence-corrected chi connectivity index (χ3v) is 3.44. The number of hydrogen-bond donors (Lipinski definition) is 2. The highest BCUT2D eigenvalue weighted by Crippen LogP contribution is 2.19. The van der Waals surface area contributed by atoms with Crippen molar-refractivity contribution in [3.05, 3.63) is 17.7 Å². The molecule has 1 atom stereocenters. The molecule has 6 nitrogen and oxygen atoms in total. The summed E-state index contributed by atoms with van der Waals surface area (Å²) < 4.78 is 10.8. The first-order valence-corrected chi connectivity index (χ1v) is 7.41. The number of hydrogen-bond acceptors (Lipinski definition) is 5. The van der Waals surface area contributed by atoms with E-state index in [0.717, 1.165) is 57.5 Å². The molecule has 2 rings (SSSR count). The number of methoxy groups -OCH3 is 1. The molecule has 1 aliphatic heterocycles. The summed E-state index contributed by atoms with van der Waals surface area (Å²) in [6, 6.07) is 0. The lowest BCUT2D eigenvalue weighted by molar-refractivity contribution is -0.0338. The lowest BCUT2D eigenvalue weighted by Gasteiger charge is -2.31. The minimum atomic E-state index is 0.0722. The number of morpholine rings is 1. The van der Waals surface area contributed by atoms with Crippen LogP contribution in [0.3, 0.4) is 0 Å². The Balaban J connectivity index is 1.81. The van der Waals surface area contributed by atoms with Crippen LogP contribution in [0.2, 0.25) is 0 Å². The Hall–Kier alpha value is -0.950. The summed E-state index contributed by atoms with van der Waals surface area (Å²) in [7, 11) is 1.71. The Morgan fingerprint density at radius 1 is 1.60 bits per heavy atom. The number of imidazole rings is 1. The molecule has 1 unspecified atom stereocenters. The van der Waals surface area contributed by atoms with Crippen molar-refractivity contribution < 1.29 is 9.47 Å². The number of aromatic amines is 1. The third kappa shape index (κ3) is 4.56. The van der Waals surface area contributed by atoms with Crippen LogP contribution in [0.5, 0.6) is 0 Å². The second kappa shape index (κ2) is 8.36. The van der Waals surface area contributed by atoms with Gasteiger partial charge in [0.15, 0.2) is 0 Å². The van der Waals surface area contributed by atoms with Crippen LogP contribution in [0.4, 0.5) is 0 Å². The van der Waals surface area contributed by atoms with E-state index < -0.39 is 0 Å². The zero-order valence-corrected chi connectivity index (χ0v) is 12.5. The number of nitrogens with zero attached hydrogens (tertiary/aromatic N) is 2. The molecule has 0 radical (unpaired) electrons. The van der Waals surface area contributed by atoms with Gasteiger partial charge < -0.3 is 19.8 Å². The van der Waals surface area contributed by atoms with Crippen molar-refractivity contribution in [3.8, 4) is 0 Å². The van der Waals surface area contributed by atoms with Gasteiger partial charge in [-0.3, -0.25) is 4.90 Å². The van der Waals surface area contributed by atoms with Crippen molar-refractivity contribution in [1.29, 1.82) is 0 Å². The monoisotopic (exact) mass is 282 g/mol. The van der Waals surface area contributed by atoms with Gasteiger partial charge in [0.05, 0.1) is 13.2 Å². The van der Waals surface area contributed by atoms with Crippen LogP contribution in [-0.4, -0.2) is 61.4 Å². The van der Waals surface area contributed by atoms with Gasteiger partial charge >= 0.3 is 0 Å². The molecule has 1 aliphatic rings. The number of rotatable bonds is 8. The van der Waals surface area contributed by atoms with Gasteiger partial charge in [0, 0.05) is 45.2 Å². The van der Waals surface area contributed by atoms with Crippen LogP contribution in [0.15, 0.2) is 6.20 Å². The van der Waals surface area contributed by atoms with Crippen LogP contribution in [0, 0.1) is 0 Å². The summed E-state index contributed by atoms with van der Waals surface area (Å²) in [4.78, 5) is 10.2. The van der Waals surface area contributed by atoms with Gasteiger partial charge in [0.1, 0.15) is 11.9 Å². The molecule has 1 saturated heterocycles. The van der Waals surface area contributed by atoms with Gasteiger partial charge in [-0.15, -0.1) is 0 Å². The molecule has 114 valence electrons. The summed E-state index contributed by atoms with van der Waals surface area (Å²) in [5.41, 5.74) is 1.09. The van der Waals surface area contributed by atoms with E-state index in [1.807, 2.05) is 6.20 Å². The quantitative estimate of drug-likeness (QED) is 0.695. The second-order valence-electron chi connectivity index (χ2n) is 5.12. The standard InChI is InChI=1S/C14H26N4O2/c1-3-5-18-6-8-20-13(11-18)14-16-10-12(17-14)9-15-4-7-19-2/h10,13,15H,3-9,11H2,1-2H3,(H,16,17). The van der Waals surface area contributed by atoms with Gasteiger partial charge in [-0.25, -0.2) is 4.98 Å². The summed E-state index contributed by atoms with van der Waals surface area (Å²) in [5.74, 6) is 0.939. The van der Waals surface area contributed by atoms with Gasteiger partial charge in [0.2, 0.25) is 0 Å². The molecule has 1 aromatic heterocycles. The van der Waals surface area contributed by atoms with Crippen molar-refractivity contribution in [2.24, 2.45) is 0 Å². The number of ether oxygens (including phenoxy) is 2. The smallest absolute Gasteiger partial charge is 0.136 e. The van der Waals surface area contributed by atoms with Crippen molar-refractivity contribution in [2.45, 2.75) is 26.0 Å². The van der Waals surface area contributed by atoms with Gasteiger partial charge in [0.25, 0.3) is 0 Å². The molecular weight excluding hydrogens is 256 g/mol. The van der Waals surface area contributed by atoms with Crippen LogP contribution in [0.1, 0.15) is 31.0 Å². The number of H-pyrrole nitrogens is 1. The van der Waals surface area contributed by atoms with Crippen LogP contribution in [-0.2, 0) is 16.0 Å². The fraction of sp³-hybridized carbons (Fsp3) is 0.786. The maximum Gasteiger partial charge on any atom is 0.136 e. The van der Waals surface area contributed by atoms with Crippen LogP contribution in [0.25, 0.3) is 0 Å². The molecule has 0 spiro atoms. The summed E-state index contributed by atoms with van der Waals surface area (Å²) in [6.07, 6.45) is 3.14. The second-order valence-corrected chi connectivity index (χ2v) is 5.12. The van der Waals surface area contributed by atoms with Crippen LogP contribution >= 0.6 is 0 Å². The molecule has 1 fully saturated rings. The zero-order valence-electron chi connectivity index (χ0n) is 12.5. The minimum Gasteiger partial charge on any atom is -0.383 e. The highest BCUT2D eigenvalue weighted by atomic mass is 16.5. The van der Waals surface area contributed by atoms with Crippen LogP contribution < -0.4 is 5.32 Å². The molecule has 0 saturated carbocycles. The molecule has 0 amide bonds. The molecule has 1 aromatic rings. The highest BCUT2D eigenvalue weighted by molar-refractivity contribution is 5.04. The average molecular weight is 282 g/mol. The van der Waals surface area contributed by atoms with E-state index in [1.165, 1.54) is 6.42 Å². The lowest BCUT2D eigenvalue weighted by Crippen LogP contribution is -2.39. The Morgan fingerprint density at radius 2 is 2.50 bits per heavy atom. The summed E-state index contributed by atoms with van der Waals surface area (Å²) in [5, 5.41) is 3.30. The van der Waals surface area contributed by atoms with E-state index >= 15 is 0 Å². The highest BCUT2D eigenvalue weighted by Gasteiger charge is 2.23.